The van der Waals surface area contributed by atoms with Crippen LogP contribution in [0.4, 0.5) is 4.79 Å². The smallest absolute Gasteiger partial charge is 0.317 e. The first-order chi connectivity index (χ1) is 9.49. The van der Waals surface area contributed by atoms with Gasteiger partial charge in [-0.25, -0.2) is 4.79 Å². The van der Waals surface area contributed by atoms with Crippen molar-refractivity contribution >= 4 is 27.9 Å². The van der Waals surface area contributed by atoms with Gasteiger partial charge < -0.3 is 20.1 Å². The Morgan fingerprint density at radius 1 is 1.35 bits per heavy atom. The molecule has 0 fully saturated rings. The minimum absolute atomic E-state index is 0.0883. The molecule has 0 bridgehead atoms. The topological polar surface area (TPSA) is 78.9 Å². The van der Waals surface area contributed by atoms with Gasteiger partial charge in [0.15, 0.2) is 0 Å². The molecule has 0 unspecified atom stereocenters. The lowest BCUT2D eigenvalue weighted by molar-refractivity contribution is -0.136. The maximum atomic E-state index is 11.6. The first-order valence-corrected chi connectivity index (χ1v) is 6.87. The van der Waals surface area contributed by atoms with Crippen LogP contribution < -0.4 is 10.1 Å². The van der Waals surface area contributed by atoms with Gasteiger partial charge in [-0.05, 0) is 24.3 Å². The van der Waals surface area contributed by atoms with Gasteiger partial charge >= 0.3 is 12.0 Å². The highest BCUT2D eigenvalue weighted by molar-refractivity contribution is 9.10. The number of carbonyl (C=O) groups is 2. The molecule has 110 valence electrons. The van der Waals surface area contributed by atoms with E-state index < -0.39 is 5.97 Å². The first-order valence-electron chi connectivity index (χ1n) is 6.08. The standard InChI is InChI=1S/C13H17BrN2O4/c1-16(13(19)15-7-6-12(17)18)8-9-20-11-4-2-10(14)3-5-11/h2-5H,6-9H2,1H3,(H,15,19)(H,17,18). The second kappa shape index (κ2) is 8.42. The highest BCUT2D eigenvalue weighted by atomic mass is 79.9. The van der Waals surface area contributed by atoms with E-state index in [2.05, 4.69) is 21.2 Å². The van der Waals surface area contributed by atoms with Gasteiger partial charge in [0.05, 0.1) is 13.0 Å². The molecule has 0 atom stereocenters. The fraction of sp³-hybridized carbons (Fsp3) is 0.385. The zero-order valence-corrected chi connectivity index (χ0v) is 12.7. The average Bonchev–Trinajstić information content (AvgIpc) is 2.40. The summed E-state index contributed by atoms with van der Waals surface area (Å²) in [7, 11) is 1.63. The molecule has 20 heavy (non-hydrogen) atoms. The molecular formula is C13H17BrN2O4. The zero-order chi connectivity index (χ0) is 15.0. The Kier molecular flexibility index (Phi) is 6.86. The van der Waals surface area contributed by atoms with Crippen LogP contribution in [0.5, 0.6) is 5.75 Å². The summed E-state index contributed by atoms with van der Waals surface area (Å²) in [6.45, 7) is 0.894. The van der Waals surface area contributed by atoms with E-state index in [-0.39, 0.29) is 19.0 Å². The van der Waals surface area contributed by atoms with Gasteiger partial charge in [0.1, 0.15) is 12.4 Å². The molecule has 0 saturated heterocycles. The number of carboxylic acids is 1. The number of amides is 2. The number of hydrogen-bond acceptors (Lipinski definition) is 3. The van der Waals surface area contributed by atoms with Crippen LogP contribution in [0.1, 0.15) is 6.42 Å². The van der Waals surface area contributed by atoms with E-state index in [1.807, 2.05) is 24.3 Å². The van der Waals surface area contributed by atoms with Crippen molar-refractivity contribution in [2.75, 3.05) is 26.7 Å². The zero-order valence-electron chi connectivity index (χ0n) is 11.1. The molecule has 0 aliphatic rings. The lowest BCUT2D eigenvalue weighted by Crippen LogP contribution is -2.40. The number of carbonyl (C=O) groups excluding carboxylic acids is 1. The molecule has 1 rings (SSSR count). The maximum absolute atomic E-state index is 11.6. The van der Waals surface area contributed by atoms with Crippen molar-refractivity contribution in [1.29, 1.82) is 0 Å². The minimum atomic E-state index is -0.938. The number of ether oxygens (including phenoxy) is 1. The normalized spacial score (nSPS) is 9.90. The van der Waals surface area contributed by atoms with Crippen LogP contribution in [-0.2, 0) is 4.79 Å². The number of halogens is 1. The van der Waals surface area contributed by atoms with Crippen LogP contribution in [0.25, 0.3) is 0 Å². The Morgan fingerprint density at radius 2 is 2.00 bits per heavy atom. The van der Waals surface area contributed by atoms with Crippen molar-refractivity contribution < 1.29 is 19.4 Å². The SMILES string of the molecule is CN(CCOc1ccc(Br)cc1)C(=O)NCCC(=O)O. The van der Waals surface area contributed by atoms with Crippen molar-refractivity contribution in [2.24, 2.45) is 0 Å². The molecule has 2 N–H and O–H groups in total. The van der Waals surface area contributed by atoms with E-state index in [0.29, 0.717) is 13.2 Å². The highest BCUT2D eigenvalue weighted by Gasteiger charge is 2.08. The van der Waals surface area contributed by atoms with Gasteiger partial charge in [-0.3, -0.25) is 4.79 Å². The number of urea groups is 1. The molecule has 0 radical (unpaired) electrons. The number of aliphatic carboxylic acids is 1. The molecule has 0 saturated carbocycles. The quantitative estimate of drug-likeness (QED) is 0.792. The second-order valence-corrected chi connectivity index (χ2v) is 5.02. The Labute approximate surface area is 125 Å². The third-order valence-corrected chi connectivity index (χ3v) is 3.00. The molecule has 1 aromatic rings. The third-order valence-electron chi connectivity index (χ3n) is 2.47. The molecule has 0 spiro atoms. The van der Waals surface area contributed by atoms with Crippen LogP contribution in [-0.4, -0.2) is 48.8 Å². The third kappa shape index (κ3) is 6.42. The molecule has 1 aromatic carbocycles. The summed E-state index contributed by atoms with van der Waals surface area (Å²) in [6, 6.07) is 7.09. The Morgan fingerprint density at radius 3 is 2.60 bits per heavy atom. The van der Waals surface area contributed by atoms with Crippen molar-refractivity contribution in [3.63, 3.8) is 0 Å². The van der Waals surface area contributed by atoms with Crippen LogP contribution in [0, 0.1) is 0 Å². The Balaban J connectivity index is 2.21. The number of nitrogens with zero attached hydrogens (tertiary/aromatic N) is 1. The van der Waals surface area contributed by atoms with Gasteiger partial charge in [-0.1, -0.05) is 15.9 Å². The molecular weight excluding hydrogens is 328 g/mol. The number of carboxylic acid groups (broad SMARTS) is 1. The van der Waals surface area contributed by atoms with Crippen molar-refractivity contribution in [3.05, 3.63) is 28.7 Å². The molecule has 7 heteroatoms. The van der Waals surface area contributed by atoms with Crippen LogP contribution in [0.15, 0.2) is 28.7 Å². The Bertz CT molecular complexity index is 450. The summed E-state index contributed by atoms with van der Waals surface area (Å²) in [5.41, 5.74) is 0. The van der Waals surface area contributed by atoms with Gasteiger partial charge in [0.25, 0.3) is 0 Å². The summed E-state index contributed by atoms with van der Waals surface area (Å²) in [6.07, 6.45) is -0.0883. The van der Waals surface area contributed by atoms with Gasteiger partial charge in [0.2, 0.25) is 0 Å². The molecule has 0 aromatic heterocycles. The van der Waals surface area contributed by atoms with Gasteiger partial charge in [-0.15, -0.1) is 0 Å². The molecule has 0 heterocycles. The summed E-state index contributed by atoms with van der Waals surface area (Å²) in [5.74, 6) is -0.209. The highest BCUT2D eigenvalue weighted by Crippen LogP contribution is 2.15. The Hall–Kier alpha value is -1.76. The van der Waals surface area contributed by atoms with E-state index in [0.717, 1.165) is 10.2 Å². The van der Waals surface area contributed by atoms with Crippen LogP contribution in [0.3, 0.4) is 0 Å². The lowest BCUT2D eigenvalue weighted by atomic mass is 10.3. The van der Waals surface area contributed by atoms with Crippen molar-refractivity contribution in [3.8, 4) is 5.75 Å². The number of likely N-dealkylation sites (N-methyl/N-ethyl adjacent to an activating group) is 1. The van der Waals surface area contributed by atoms with E-state index >= 15 is 0 Å². The summed E-state index contributed by atoms with van der Waals surface area (Å²) >= 11 is 3.33. The number of nitrogens with one attached hydrogen (secondary N) is 1. The van der Waals surface area contributed by atoms with E-state index in [9.17, 15) is 9.59 Å². The van der Waals surface area contributed by atoms with Crippen molar-refractivity contribution in [1.82, 2.24) is 10.2 Å². The fourth-order valence-electron chi connectivity index (χ4n) is 1.34. The largest absolute Gasteiger partial charge is 0.492 e. The molecule has 0 aliphatic heterocycles. The fourth-order valence-corrected chi connectivity index (χ4v) is 1.61. The van der Waals surface area contributed by atoms with E-state index in [1.54, 1.807) is 7.05 Å². The second-order valence-electron chi connectivity index (χ2n) is 4.10. The summed E-state index contributed by atoms with van der Waals surface area (Å²) < 4.78 is 6.46. The lowest BCUT2D eigenvalue weighted by Gasteiger charge is -2.18. The van der Waals surface area contributed by atoms with Crippen molar-refractivity contribution in [2.45, 2.75) is 6.42 Å². The predicted octanol–water partition coefficient (Wildman–Crippen LogP) is 1.94. The van der Waals surface area contributed by atoms with Gasteiger partial charge in [-0.2, -0.15) is 0 Å². The molecule has 0 aliphatic carbocycles. The summed E-state index contributed by atoms with van der Waals surface area (Å²) in [4.78, 5) is 23.3. The van der Waals surface area contributed by atoms with E-state index in [1.165, 1.54) is 4.90 Å². The maximum Gasteiger partial charge on any atom is 0.317 e. The molecule has 2 amide bonds. The van der Waals surface area contributed by atoms with Crippen LogP contribution in [0.2, 0.25) is 0 Å². The summed E-state index contributed by atoms with van der Waals surface area (Å²) in [5, 5.41) is 11.0. The number of rotatable bonds is 7. The van der Waals surface area contributed by atoms with Crippen LogP contribution >= 0.6 is 15.9 Å². The first kappa shape index (κ1) is 16.3. The van der Waals surface area contributed by atoms with E-state index in [4.69, 9.17) is 9.84 Å². The monoisotopic (exact) mass is 344 g/mol. The number of benzene rings is 1. The average molecular weight is 345 g/mol. The number of hydrogen-bond donors (Lipinski definition) is 2. The predicted molar refractivity (Wildman–Crippen MR) is 77.9 cm³/mol. The molecule has 6 nitrogen and oxygen atoms in total. The minimum Gasteiger partial charge on any atom is -0.492 e. The van der Waals surface area contributed by atoms with Gasteiger partial charge in [0, 0.05) is 18.1 Å².